The molecular weight excluding hydrogens is 216 g/mol. The van der Waals surface area contributed by atoms with E-state index in [-0.39, 0.29) is 4.90 Å². The summed E-state index contributed by atoms with van der Waals surface area (Å²) in [6.45, 7) is 0. The first-order valence-corrected chi connectivity index (χ1v) is 6.24. The van der Waals surface area contributed by atoms with E-state index >= 15 is 0 Å². The molecular formula is C10H14O4S. The second kappa shape index (κ2) is 4.74. The first kappa shape index (κ1) is 12.2. The summed E-state index contributed by atoms with van der Waals surface area (Å²) in [5.41, 5.74) is 0.785. The predicted molar refractivity (Wildman–Crippen MR) is 56.3 cm³/mol. The molecule has 0 spiro atoms. The quantitative estimate of drug-likeness (QED) is 0.733. The highest BCUT2D eigenvalue weighted by Crippen LogP contribution is 2.19. The molecule has 0 saturated heterocycles. The second-order valence-corrected chi connectivity index (χ2v) is 5.16. The fourth-order valence-corrected chi connectivity index (χ4v) is 1.87. The molecule has 0 aliphatic carbocycles. The van der Waals surface area contributed by atoms with Gasteiger partial charge >= 0.3 is 0 Å². The van der Waals surface area contributed by atoms with E-state index in [4.69, 9.17) is 9.47 Å². The van der Waals surface area contributed by atoms with Crippen molar-refractivity contribution in [3.63, 3.8) is 0 Å². The molecule has 0 amide bonds. The Balaban J connectivity index is 3.00. The average Bonchev–Trinajstić information content (AvgIpc) is 2.19. The maximum atomic E-state index is 11.2. The summed E-state index contributed by atoms with van der Waals surface area (Å²) in [5, 5.41) is 0. The van der Waals surface area contributed by atoms with Crippen LogP contribution in [-0.2, 0) is 19.3 Å². The van der Waals surface area contributed by atoms with E-state index in [1.807, 2.05) is 0 Å². The predicted octanol–water partition coefficient (Wildman–Crippen LogP) is 1.38. The molecule has 0 N–H and O–H groups in total. The molecule has 0 aliphatic heterocycles. The van der Waals surface area contributed by atoms with Gasteiger partial charge in [-0.15, -0.1) is 0 Å². The lowest BCUT2D eigenvalue weighted by molar-refractivity contribution is -0.106. The molecule has 1 aromatic rings. The smallest absolute Gasteiger partial charge is 0.183 e. The molecule has 0 fully saturated rings. The zero-order valence-corrected chi connectivity index (χ0v) is 9.74. The zero-order valence-electron chi connectivity index (χ0n) is 8.93. The fraction of sp³-hybridized carbons (Fsp3) is 0.400. The van der Waals surface area contributed by atoms with Crippen molar-refractivity contribution in [3.05, 3.63) is 29.8 Å². The molecule has 1 aromatic carbocycles. The third-order valence-electron chi connectivity index (χ3n) is 2.01. The third-order valence-corrected chi connectivity index (χ3v) is 3.14. The summed E-state index contributed by atoms with van der Waals surface area (Å²) in [5.74, 6) is 0. The van der Waals surface area contributed by atoms with Gasteiger partial charge in [-0.3, -0.25) is 0 Å². The molecule has 0 aromatic heterocycles. The summed E-state index contributed by atoms with van der Waals surface area (Å²) in [7, 11) is -0.0875. The van der Waals surface area contributed by atoms with E-state index in [2.05, 4.69) is 0 Å². The average molecular weight is 230 g/mol. The number of hydrogen-bond acceptors (Lipinski definition) is 4. The monoisotopic (exact) mass is 230 g/mol. The second-order valence-electron chi connectivity index (χ2n) is 3.14. The summed E-state index contributed by atoms with van der Waals surface area (Å²) in [6.07, 6.45) is 0.713. The Hall–Kier alpha value is -0.910. The molecule has 0 heterocycles. The van der Waals surface area contributed by atoms with Crippen LogP contribution < -0.4 is 0 Å². The number of methoxy groups -OCH3 is 2. The van der Waals surface area contributed by atoms with Gasteiger partial charge in [0, 0.05) is 26.0 Å². The van der Waals surface area contributed by atoms with Crippen molar-refractivity contribution in [3.8, 4) is 0 Å². The van der Waals surface area contributed by atoms with Crippen LogP contribution in [0.4, 0.5) is 0 Å². The van der Waals surface area contributed by atoms with Gasteiger partial charge in [0.05, 0.1) is 4.90 Å². The minimum Gasteiger partial charge on any atom is -0.352 e. The highest BCUT2D eigenvalue weighted by Gasteiger charge is 2.11. The normalized spacial score (nSPS) is 12.0. The van der Waals surface area contributed by atoms with Crippen LogP contribution in [0, 0.1) is 0 Å². The van der Waals surface area contributed by atoms with Gasteiger partial charge in [-0.25, -0.2) is 8.42 Å². The van der Waals surface area contributed by atoms with Crippen molar-refractivity contribution < 1.29 is 17.9 Å². The van der Waals surface area contributed by atoms with Crippen molar-refractivity contribution in [2.45, 2.75) is 11.2 Å². The Kier molecular flexibility index (Phi) is 3.84. The Labute approximate surface area is 89.7 Å². The molecule has 0 saturated carbocycles. The van der Waals surface area contributed by atoms with Crippen molar-refractivity contribution >= 4 is 9.84 Å². The SMILES string of the molecule is COC(OC)c1ccc(S(C)(=O)=O)cc1. The van der Waals surface area contributed by atoms with Gasteiger partial charge in [0.25, 0.3) is 0 Å². The van der Waals surface area contributed by atoms with E-state index < -0.39 is 16.1 Å². The van der Waals surface area contributed by atoms with E-state index in [0.717, 1.165) is 5.56 Å². The first-order chi connectivity index (χ1) is 6.99. The van der Waals surface area contributed by atoms with Crippen LogP contribution in [0.15, 0.2) is 29.2 Å². The van der Waals surface area contributed by atoms with Gasteiger partial charge in [0.2, 0.25) is 0 Å². The molecule has 0 aliphatic rings. The van der Waals surface area contributed by atoms with Gasteiger partial charge in [0.15, 0.2) is 16.1 Å². The van der Waals surface area contributed by atoms with Crippen LogP contribution in [0.25, 0.3) is 0 Å². The number of ether oxygens (including phenoxy) is 2. The lowest BCUT2D eigenvalue weighted by atomic mass is 10.2. The maximum Gasteiger partial charge on any atom is 0.183 e. The Morgan fingerprint density at radius 3 is 1.87 bits per heavy atom. The van der Waals surface area contributed by atoms with Crippen molar-refractivity contribution in [1.82, 2.24) is 0 Å². The zero-order chi connectivity index (χ0) is 11.5. The van der Waals surface area contributed by atoms with Crippen LogP contribution in [0.1, 0.15) is 11.9 Å². The Morgan fingerprint density at radius 1 is 1.07 bits per heavy atom. The number of benzene rings is 1. The van der Waals surface area contributed by atoms with Gasteiger partial charge in [-0.1, -0.05) is 12.1 Å². The van der Waals surface area contributed by atoms with Crippen LogP contribution in [0.2, 0.25) is 0 Å². The van der Waals surface area contributed by atoms with E-state index in [9.17, 15) is 8.42 Å². The van der Waals surface area contributed by atoms with E-state index in [1.165, 1.54) is 32.6 Å². The minimum atomic E-state index is -3.14. The van der Waals surface area contributed by atoms with Gasteiger partial charge < -0.3 is 9.47 Å². The minimum absolute atomic E-state index is 0.289. The third kappa shape index (κ3) is 3.02. The van der Waals surface area contributed by atoms with Gasteiger partial charge in [-0.2, -0.15) is 0 Å². The van der Waals surface area contributed by atoms with Crippen LogP contribution >= 0.6 is 0 Å². The van der Waals surface area contributed by atoms with E-state index in [1.54, 1.807) is 12.1 Å². The molecule has 0 atom stereocenters. The number of rotatable bonds is 4. The van der Waals surface area contributed by atoms with E-state index in [0.29, 0.717) is 0 Å². The highest BCUT2D eigenvalue weighted by molar-refractivity contribution is 7.90. The molecule has 4 nitrogen and oxygen atoms in total. The molecule has 0 bridgehead atoms. The molecule has 0 unspecified atom stereocenters. The lowest BCUT2D eigenvalue weighted by Gasteiger charge is -2.13. The van der Waals surface area contributed by atoms with Gasteiger partial charge in [0.1, 0.15) is 0 Å². The van der Waals surface area contributed by atoms with Crippen LogP contribution in [0.5, 0.6) is 0 Å². The molecule has 5 heteroatoms. The topological polar surface area (TPSA) is 52.6 Å². The lowest BCUT2D eigenvalue weighted by Crippen LogP contribution is -2.04. The molecule has 0 radical (unpaired) electrons. The summed E-state index contributed by atoms with van der Waals surface area (Å²) < 4.78 is 32.5. The summed E-state index contributed by atoms with van der Waals surface area (Å²) >= 11 is 0. The van der Waals surface area contributed by atoms with Crippen molar-refractivity contribution in [2.24, 2.45) is 0 Å². The molecule has 84 valence electrons. The largest absolute Gasteiger partial charge is 0.352 e. The Bertz CT molecular complexity index is 404. The van der Waals surface area contributed by atoms with Crippen LogP contribution in [-0.4, -0.2) is 28.9 Å². The van der Waals surface area contributed by atoms with Crippen molar-refractivity contribution in [1.29, 1.82) is 0 Å². The Morgan fingerprint density at radius 2 is 1.53 bits per heavy atom. The first-order valence-electron chi connectivity index (χ1n) is 4.34. The van der Waals surface area contributed by atoms with Gasteiger partial charge in [-0.05, 0) is 12.1 Å². The number of hydrogen-bond donors (Lipinski definition) is 0. The maximum absolute atomic E-state index is 11.2. The van der Waals surface area contributed by atoms with Crippen molar-refractivity contribution in [2.75, 3.05) is 20.5 Å². The van der Waals surface area contributed by atoms with Crippen LogP contribution in [0.3, 0.4) is 0 Å². The molecule has 1 rings (SSSR count). The molecule has 15 heavy (non-hydrogen) atoms. The fourth-order valence-electron chi connectivity index (χ4n) is 1.24. The highest BCUT2D eigenvalue weighted by atomic mass is 32.2. The summed E-state index contributed by atoms with van der Waals surface area (Å²) in [6, 6.07) is 6.42. The number of sulfone groups is 1. The standard InChI is InChI=1S/C10H14O4S/c1-13-10(14-2)8-4-6-9(7-5-8)15(3,11)12/h4-7,10H,1-3H3. The summed E-state index contributed by atoms with van der Waals surface area (Å²) in [4.78, 5) is 0.289.